The van der Waals surface area contributed by atoms with Crippen LogP contribution in [0.25, 0.3) is 0 Å². The number of halogens is 1. The first kappa shape index (κ1) is 16.7. The number of nitrogens with one attached hydrogen (secondary N) is 2. The van der Waals surface area contributed by atoms with E-state index in [1.54, 1.807) is 12.1 Å². The lowest BCUT2D eigenvalue weighted by molar-refractivity contribution is -0.116. The van der Waals surface area contributed by atoms with Gasteiger partial charge in [-0.2, -0.15) is 0 Å². The maximum absolute atomic E-state index is 13.3. The fraction of sp³-hybridized carbons (Fsp3) is 0.190. The minimum atomic E-state index is -0.349. The van der Waals surface area contributed by atoms with E-state index in [4.69, 9.17) is 4.63 Å². The molecule has 0 saturated carbocycles. The summed E-state index contributed by atoms with van der Waals surface area (Å²) in [7, 11) is 0. The van der Waals surface area contributed by atoms with Gasteiger partial charge in [-0.05, 0) is 45.9 Å². The summed E-state index contributed by atoms with van der Waals surface area (Å²) in [4.78, 5) is 13.2. The van der Waals surface area contributed by atoms with Crippen LogP contribution in [0, 0.1) is 5.82 Å². The van der Waals surface area contributed by atoms with Crippen LogP contribution in [0.5, 0.6) is 0 Å². The molecule has 0 bridgehead atoms. The van der Waals surface area contributed by atoms with Crippen LogP contribution in [0.15, 0.2) is 70.5 Å². The first-order chi connectivity index (χ1) is 13.7. The van der Waals surface area contributed by atoms with Crippen LogP contribution in [0.2, 0.25) is 0 Å². The predicted octanol–water partition coefficient (Wildman–Crippen LogP) is 4.19. The lowest BCUT2D eigenvalue weighted by Gasteiger charge is -2.29. The second-order valence-electron chi connectivity index (χ2n) is 7.05. The van der Waals surface area contributed by atoms with E-state index in [0.717, 1.165) is 16.8 Å². The Balaban J connectivity index is 1.58. The van der Waals surface area contributed by atoms with Gasteiger partial charge in [-0.3, -0.25) is 4.79 Å². The molecule has 140 valence electrons. The highest BCUT2D eigenvalue weighted by molar-refractivity contribution is 6.00. The maximum Gasteiger partial charge on any atom is 0.219 e. The zero-order valence-electron chi connectivity index (χ0n) is 14.9. The van der Waals surface area contributed by atoms with E-state index >= 15 is 0 Å². The van der Waals surface area contributed by atoms with Crippen LogP contribution in [0.1, 0.15) is 35.9 Å². The summed E-state index contributed by atoms with van der Waals surface area (Å²) in [6.45, 7) is 0. The Kier molecular flexibility index (Phi) is 3.93. The molecular weight excluding hydrogens is 359 g/mol. The molecule has 2 N–H and O–H groups in total. The Labute approximate surface area is 160 Å². The standard InChI is InChI=1S/C21H17FN4O2/c22-15-8-6-12(7-9-15)14-10-16-18(17(27)11-14)19(13-4-2-1-3-5-13)24-21-20(23-16)25-28-26-21/h1-9,14,19H,10-11H2,(H,23,25)(H,24,26)/t14-,19-/m0/s1. The van der Waals surface area contributed by atoms with Gasteiger partial charge in [0.05, 0.1) is 6.04 Å². The van der Waals surface area contributed by atoms with Crippen molar-refractivity contribution in [1.29, 1.82) is 0 Å². The fourth-order valence-corrected chi connectivity index (χ4v) is 3.97. The summed E-state index contributed by atoms with van der Waals surface area (Å²) < 4.78 is 18.2. The summed E-state index contributed by atoms with van der Waals surface area (Å²) in [5.41, 5.74) is 3.38. The third-order valence-corrected chi connectivity index (χ3v) is 5.31. The number of hydrogen-bond donors (Lipinski definition) is 2. The van der Waals surface area contributed by atoms with Gasteiger partial charge < -0.3 is 10.6 Å². The smallest absolute Gasteiger partial charge is 0.219 e. The monoisotopic (exact) mass is 376 g/mol. The van der Waals surface area contributed by atoms with Gasteiger partial charge in [0.2, 0.25) is 11.6 Å². The molecule has 0 amide bonds. The molecule has 0 radical (unpaired) electrons. The quantitative estimate of drug-likeness (QED) is 0.698. The molecular formula is C21H17FN4O2. The Hall–Kier alpha value is -3.48. The number of carbonyl (C=O) groups is 1. The minimum Gasteiger partial charge on any atom is -0.353 e. The molecule has 7 heteroatoms. The Morgan fingerprint density at radius 2 is 1.68 bits per heavy atom. The van der Waals surface area contributed by atoms with Gasteiger partial charge in [0, 0.05) is 17.7 Å². The Bertz CT molecular complexity index is 1060. The second-order valence-corrected chi connectivity index (χ2v) is 7.05. The first-order valence-corrected chi connectivity index (χ1v) is 9.12. The summed E-state index contributed by atoms with van der Waals surface area (Å²) in [6, 6.07) is 15.7. The molecule has 6 nitrogen and oxygen atoms in total. The van der Waals surface area contributed by atoms with Crippen molar-refractivity contribution in [3.63, 3.8) is 0 Å². The normalized spacial score (nSPS) is 21.2. The molecule has 2 heterocycles. The topological polar surface area (TPSA) is 80.1 Å². The van der Waals surface area contributed by atoms with Crippen molar-refractivity contribution in [2.45, 2.75) is 24.8 Å². The van der Waals surface area contributed by atoms with Crippen molar-refractivity contribution in [3.8, 4) is 0 Å². The SMILES string of the molecule is O=C1C[C@@H](c2ccc(F)cc2)CC2=C1[C@H](c1ccccc1)Nc1nonc1N2. The maximum atomic E-state index is 13.3. The van der Waals surface area contributed by atoms with E-state index in [1.165, 1.54) is 12.1 Å². The van der Waals surface area contributed by atoms with Crippen LogP contribution < -0.4 is 10.6 Å². The first-order valence-electron chi connectivity index (χ1n) is 9.12. The number of Topliss-reactive ketones (excluding diaryl/α,β-unsaturated/α-hetero) is 1. The summed E-state index contributed by atoms with van der Waals surface area (Å²) in [5, 5.41) is 14.4. The van der Waals surface area contributed by atoms with Crippen molar-refractivity contribution in [2.24, 2.45) is 0 Å². The van der Waals surface area contributed by atoms with E-state index in [9.17, 15) is 9.18 Å². The van der Waals surface area contributed by atoms with E-state index < -0.39 is 0 Å². The number of fused-ring (bicyclic) bond motifs is 1. The zero-order chi connectivity index (χ0) is 19.1. The van der Waals surface area contributed by atoms with Gasteiger partial charge in [0.15, 0.2) is 5.78 Å². The molecule has 0 unspecified atom stereocenters. The van der Waals surface area contributed by atoms with Crippen LogP contribution in [-0.2, 0) is 4.79 Å². The number of ketones is 1. The Morgan fingerprint density at radius 1 is 0.929 bits per heavy atom. The highest BCUT2D eigenvalue weighted by Gasteiger charge is 2.37. The number of anilines is 2. The number of hydrogen-bond acceptors (Lipinski definition) is 6. The molecule has 2 atom stereocenters. The minimum absolute atomic E-state index is 0.0304. The van der Waals surface area contributed by atoms with Gasteiger partial charge in [0.1, 0.15) is 5.82 Å². The van der Waals surface area contributed by atoms with Crippen molar-refractivity contribution in [2.75, 3.05) is 10.6 Å². The number of nitrogens with zero attached hydrogens (tertiary/aromatic N) is 2. The van der Waals surface area contributed by atoms with Crippen molar-refractivity contribution in [3.05, 3.63) is 82.8 Å². The number of allylic oxidation sites excluding steroid dienone is 1. The predicted molar refractivity (Wildman–Crippen MR) is 101 cm³/mol. The molecule has 3 aromatic rings. The third-order valence-electron chi connectivity index (χ3n) is 5.31. The summed E-state index contributed by atoms with van der Waals surface area (Å²) in [5.74, 6) is 0.654. The van der Waals surface area contributed by atoms with E-state index in [2.05, 4.69) is 20.9 Å². The number of benzene rings is 2. The Morgan fingerprint density at radius 3 is 2.46 bits per heavy atom. The highest BCUT2D eigenvalue weighted by atomic mass is 19.1. The molecule has 1 aliphatic carbocycles. The van der Waals surface area contributed by atoms with Gasteiger partial charge >= 0.3 is 0 Å². The van der Waals surface area contributed by atoms with Crippen molar-refractivity contribution >= 4 is 17.4 Å². The molecule has 0 fully saturated rings. The van der Waals surface area contributed by atoms with Crippen molar-refractivity contribution < 1.29 is 13.8 Å². The highest BCUT2D eigenvalue weighted by Crippen LogP contribution is 2.43. The summed E-state index contributed by atoms with van der Waals surface area (Å²) in [6.07, 6.45) is 0.983. The van der Waals surface area contributed by atoms with Crippen LogP contribution in [0.3, 0.4) is 0 Å². The lowest BCUT2D eigenvalue weighted by Crippen LogP contribution is -2.27. The van der Waals surface area contributed by atoms with Gasteiger partial charge in [0.25, 0.3) is 0 Å². The largest absolute Gasteiger partial charge is 0.353 e. The molecule has 2 aromatic carbocycles. The van der Waals surface area contributed by atoms with Crippen LogP contribution in [0.4, 0.5) is 16.0 Å². The molecule has 2 aliphatic rings. The molecule has 0 saturated heterocycles. The zero-order valence-corrected chi connectivity index (χ0v) is 14.9. The molecule has 5 rings (SSSR count). The second kappa shape index (κ2) is 6.60. The molecule has 28 heavy (non-hydrogen) atoms. The van der Waals surface area contributed by atoms with E-state index in [-0.39, 0.29) is 23.6 Å². The number of carbonyl (C=O) groups excluding carboxylic acids is 1. The van der Waals surface area contributed by atoms with Crippen LogP contribution >= 0.6 is 0 Å². The van der Waals surface area contributed by atoms with Crippen molar-refractivity contribution in [1.82, 2.24) is 10.3 Å². The van der Waals surface area contributed by atoms with Gasteiger partial charge in [-0.1, -0.05) is 42.5 Å². The molecule has 0 spiro atoms. The number of rotatable bonds is 2. The summed E-state index contributed by atoms with van der Waals surface area (Å²) >= 11 is 0. The average Bonchev–Trinajstić information content (AvgIpc) is 3.08. The lowest BCUT2D eigenvalue weighted by atomic mass is 9.78. The van der Waals surface area contributed by atoms with E-state index in [1.807, 2.05) is 30.3 Å². The fourth-order valence-electron chi connectivity index (χ4n) is 3.97. The molecule has 1 aromatic heterocycles. The van der Waals surface area contributed by atoms with Crippen LogP contribution in [-0.4, -0.2) is 16.1 Å². The molecule has 1 aliphatic heterocycles. The van der Waals surface area contributed by atoms with Gasteiger partial charge in [-0.25, -0.2) is 9.02 Å². The number of aromatic nitrogens is 2. The van der Waals surface area contributed by atoms with E-state index in [0.29, 0.717) is 30.1 Å². The average molecular weight is 376 g/mol. The van der Waals surface area contributed by atoms with Gasteiger partial charge in [-0.15, -0.1) is 0 Å². The third kappa shape index (κ3) is 2.85.